The summed E-state index contributed by atoms with van der Waals surface area (Å²) in [5.41, 5.74) is 6.64. The number of fused-ring (bicyclic) bond motifs is 1. The summed E-state index contributed by atoms with van der Waals surface area (Å²) in [7, 11) is -15.8. The maximum atomic E-state index is 11.9. The second-order valence-electron chi connectivity index (χ2n) is 5.87. The molecular weight excluding hydrogens is 455 g/mol. The summed E-state index contributed by atoms with van der Waals surface area (Å²) in [6.45, 7) is 0. The summed E-state index contributed by atoms with van der Waals surface area (Å²) in [5, 5.41) is 0. The number of ether oxygens (including phenoxy) is 1. The van der Waals surface area contributed by atoms with Crippen molar-refractivity contribution in [2.45, 2.75) is 18.6 Å². The first-order chi connectivity index (χ1) is 13.4. The minimum atomic E-state index is -5.49. The first-order valence-electron chi connectivity index (χ1n) is 7.71. The predicted molar refractivity (Wildman–Crippen MR) is 96.1 cm³/mol. The van der Waals surface area contributed by atoms with Crippen molar-refractivity contribution in [3.63, 3.8) is 0 Å². The van der Waals surface area contributed by atoms with Gasteiger partial charge < -0.3 is 34.6 Å². The third-order valence-corrected chi connectivity index (χ3v) is 7.66. The number of aromatic nitrogens is 4. The zero-order valence-electron chi connectivity index (χ0n) is 14.3. The number of imidazole rings is 1. The minimum Gasteiger partial charge on any atom is -0.382 e. The first-order valence-corrected chi connectivity index (χ1v) is 12.5. The van der Waals surface area contributed by atoms with Crippen molar-refractivity contribution in [3.05, 3.63) is 24.8 Å². The normalized spacial score (nSPS) is 23.9. The Hall–Kier alpha value is -1.50. The van der Waals surface area contributed by atoms with Gasteiger partial charge in [-0.05, 0) is 0 Å². The fraction of sp³-hybridized carbons (Fsp3) is 0.364. The lowest BCUT2D eigenvalue weighted by Gasteiger charge is -2.19. The van der Waals surface area contributed by atoms with Crippen LogP contribution in [-0.2, 0) is 27.1 Å². The molecule has 29 heavy (non-hydrogen) atoms. The Morgan fingerprint density at radius 3 is 2.52 bits per heavy atom. The van der Waals surface area contributed by atoms with Gasteiger partial charge in [0.1, 0.15) is 18.2 Å². The smallest absolute Gasteiger partial charge is 0.382 e. The molecule has 2 aromatic heterocycles. The lowest BCUT2D eigenvalue weighted by Crippen LogP contribution is -2.13. The number of nitrogens with two attached hydrogens (primary N) is 1. The maximum absolute atomic E-state index is 11.9. The molecule has 0 saturated carbocycles. The maximum Gasteiger partial charge on any atom is 0.488 e. The van der Waals surface area contributed by atoms with Crippen LogP contribution in [0.4, 0.5) is 5.82 Å². The Kier molecular flexibility index (Phi) is 6.10. The molecule has 0 saturated heterocycles. The molecule has 0 aliphatic heterocycles. The van der Waals surface area contributed by atoms with Gasteiger partial charge in [-0.15, -0.1) is 0 Å². The Labute approximate surface area is 162 Å². The zero-order chi connectivity index (χ0) is 21.4. The molecule has 0 spiro atoms. The van der Waals surface area contributed by atoms with Crippen molar-refractivity contribution < 1.29 is 46.6 Å². The molecule has 4 atom stereocenters. The monoisotopic (exact) mass is 471 g/mol. The molecule has 0 fully saturated rings. The lowest BCUT2D eigenvalue weighted by molar-refractivity contribution is 0.101. The predicted octanol–water partition coefficient (Wildman–Crippen LogP) is 0.664. The second kappa shape index (κ2) is 7.97. The van der Waals surface area contributed by atoms with E-state index in [0.717, 1.165) is 0 Å². The molecule has 6 N–H and O–H groups in total. The average molecular weight is 471 g/mol. The van der Waals surface area contributed by atoms with E-state index in [1.807, 2.05) is 0 Å². The van der Waals surface area contributed by atoms with E-state index in [9.17, 15) is 18.6 Å². The molecule has 0 radical (unpaired) electrons. The van der Waals surface area contributed by atoms with Gasteiger partial charge in [0.05, 0.1) is 18.5 Å². The van der Waals surface area contributed by atoms with Crippen LogP contribution in [0.1, 0.15) is 12.5 Å². The summed E-state index contributed by atoms with van der Waals surface area (Å²) >= 11 is 0. The van der Waals surface area contributed by atoms with Gasteiger partial charge in [-0.3, -0.25) is 4.57 Å². The molecule has 18 heteroatoms. The van der Waals surface area contributed by atoms with Crippen LogP contribution in [0.5, 0.6) is 0 Å². The summed E-state index contributed by atoms with van der Waals surface area (Å²) in [5.74, 6) is 0.216. The van der Waals surface area contributed by atoms with E-state index in [1.165, 1.54) is 12.7 Å². The summed E-state index contributed by atoms with van der Waals surface area (Å²) in [4.78, 5) is 47.9. The highest BCUT2D eigenvalue weighted by molar-refractivity contribution is 7.68. The SMILES string of the molecule is Nc1ncnc2c1ncn2[C@H]1C=C[C@@H](OCP(=O)(O)OP(=O)(O)OP(=O)(O)O)C1. The molecule has 0 aromatic carbocycles. The van der Waals surface area contributed by atoms with Crippen molar-refractivity contribution in [1.82, 2.24) is 19.5 Å². The molecule has 15 nitrogen and oxygen atoms in total. The fourth-order valence-electron chi connectivity index (χ4n) is 2.61. The number of nitrogens with zero attached hydrogens (tertiary/aromatic N) is 4. The van der Waals surface area contributed by atoms with Crippen molar-refractivity contribution in [3.8, 4) is 0 Å². The molecule has 2 heterocycles. The molecule has 0 amide bonds. The van der Waals surface area contributed by atoms with Crippen molar-refractivity contribution in [2.75, 3.05) is 12.1 Å². The Balaban J connectivity index is 1.59. The van der Waals surface area contributed by atoms with Crippen LogP contribution in [-0.4, -0.2) is 51.5 Å². The molecule has 0 bridgehead atoms. The van der Waals surface area contributed by atoms with Crippen molar-refractivity contribution >= 4 is 40.2 Å². The van der Waals surface area contributed by atoms with E-state index in [-0.39, 0.29) is 11.9 Å². The highest BCUT2D eigenvalue weighted by atomic mass is 31.3. The van der Waals surface area contributed by atoms with Crippen LogP contribution in [0, 0.1) is 0 Å². The number of nitrogen functional groups attached to an aromatic ring is 1. The van der Waals surface area contributed by atoms with Gasteiger partial charge in [0.2, 0.25) is 0 Å². The molecule has 1 aliphatic carbocycles. The van der Waals surface area contributed by atoms with Gasteiger partial charge in [0.15, 0.2) is 11.5 Å². The Bertz CT molecular complexity index is 1080. The van der Waals surface area contributed by atoms with Crippen LogP contribution >= 0.6 is 23.2 Å². The number of hydrogen-bond donors (Lipinski definition) is 5. The van der Waals surface area contributed by atoms with Crippen LogP contribution in [0.15, 0.2) is 24.8 Å². The number of allylic oxidation sites excluding steroid dienone is 1. The van der Waals surface area contributed by atoms with Gasteiger partial charge in [-0.2, -0.15) is 4.31 Å². The second-order valence-corrected chi connectivity index (χ2v) is 10.6. The number of hydrogen-bond acceptors (Lipinski definition) is 10. The number of phosphoric acid groups is 2. The van der Waals surface area contributed by atoms with Crippen LogP contribution < -0.4 is 5.73 Å². The highest BCUT2D eigenvalue weighted by Crippen LogP contribution is 2.66. The number of anilines is 1. The zero-order valence-corrected chi connectivity index (χ0v) is 17.0. The summed E-state index contributed by atoms with van der Waals surface area (Å²) < 4.78 is 48.2. The topological polar surface area (TPSA) is 229 Å². The van der Waals surface area contributed by atoms with E-state index in [2.05, 4.69) is 23.6 Å². The summed E-state index contributed by atoms with van der Waals surface area (Å²) in [6, 6.07) is -0.264. The van der Waals surface area contributed by atoms with Gasteiger partial charge in [-0.1, -0.05) is 12.2 Å². The Morgan fingerprint density at radius 1 is 1.10 bits per heavy atom. The lowest BCUT2D eigenvalue weighted by atomic mass is 10.2. The standard InChI is InChI=1S/C11H16N5O10P3/c12-10-9-11(14-4-13-10)16(5-15-9)7-1-2-8(3-7)24-6-27(17,18)25-29(22,23)26-28(19,20)21/h1-2,4-5,7-8H,3,6H2,(H,17,18)(H,22,23)(H2,12,13,14)(H2,19,20,21)/t7-,8+/m0/s1. The van der Waals surface area contributed by atoms with E-state index in [4.69, 9.17) is 25.2 Å². The van der Waals surface area contributed by atoms with E-state index in [0.29, 0.717) is 17.6 Å². The molecule has 2 aromatic rings. The third-order valence-electron chi connectivity index (χ3n) is 3.66. The minimum absolute atomic E-state index is 0.216. The number of rotatable bonds is 8. The van der Waals surface area contributed by atoms with Crippen LogP contribution in [0.3, 0.4) is 0 Å². The van der Waals surface area contributed by atoms with Crippen LogP contribution in [0.2, 0.25) is 0 Å². The van der Waals surface area contributed by atoms with E-state index in [1.54, 1.807) is 16.7 Å². The third kappa shape index (κ3) is 5.77. The highest BCUT2D eigenvalue weighted by Gasteiger charge is 2.40. The first kappa shape index (κ1) is 22.2. The average Bonchev–Trinajstić information content (AvgIpc) is 3.16. The molecule has 3 rings (SSSR count). The van der Waals surface area contributed by atoms with Crippen molar-refractivity contribution in [1.29, 1.82) is 0 Å². The van der Waals surface area contributed by atoms with Crippen LogP contribution in [0.25, 0.3) is 11.2 Å². The molecule has 1 aliphatic rings. The fourth-order valence-corrected chi connectivity index (χ4v) is 5.94. The van der Waals surface area contributed by atoms with E-state index < -0.39 is 35.7 Å². The Morgan fingerprint density at radius 2 is 1.83 bits per heavy atom. The molecule has 160 valence electrons. The van der Waals surface area contributed by atoms with Gasteiger partial charge in [-0.25, -0.2) is 28.4 Å². The molecule has 2 unspecified atom stereocenters. The summed E-state index contributed by atoms with van der Waals surface area (Å²) in [6.07, 6.45) is 4.74. The van der Waals surface area contributed by atoms with Gasteiger partial charge >= 0.3 is 23.2 Å². The quantitative estimate of drug-likeness (QED) is 0.263. The largest absolute Gasteiger partial charge is 0.488 e. The molecular formula is C11H16N5O10P3. The van der Waals surface area contributed by atoms with Gasteiger partial charge in [0.25, 0.3) is 0 Å². The van der Waals surface area contributed by atoms with Crippen molar-refractivity contribution in [2.24, 2.45) is 0 Å². The van der Waals surface area contributed by atoms with Gasteiger partial charge in [0, 0.05) is 6.42 Å². The van der Waals surface area contributed by atoms with E-state index >= 15 is 0 Å².